The quantitative estimate of drug-likeness (QED) is 0.301. The van der Waals surface area contributed by atoms with Crippen molar-refractivity contribution in [3.63, 3.8) is 0 Å². The Balaban J connectivity index is 0.00000107. The fraction of sp³-hybridized carbons (Fsp3) is 0.375. The lowest BCUT2D eigenvalue weighted by atomic mass is 9.90. The molecular weight excluding hydrogens is 472 g/mol. The molecule has 6 heteroatoms. The highest BCUT2D eigenvalue weighted by Gasteiger charge is 2.21. The number of nitrogens with zero attached hydrogens (tertiary/aromatic N) is 3. The van der Waals surface area contributed by atoms with Crippen LogP contribution in [0.15, 0.2) is 71.3 Å². The van der Waals surface area contributed by atoms with E-state index in [0.717, 1.165) is 58.8 Å². The first-order valence-corrected chi connectivity index (χ1v) is 13.5. The zero-order chi connectivity index (χ0) is 26.7. The van der Waals surface area contributed by atoms with E-state index in [9.17, 15) is 0 Å². The van der Waals surface area contributed by atoms with Gasteiger partial charge in [-0.2, -0.15) is 5.26 Å². The van der Waals surface area contributed by atoms with Crippen LogP contribution in [-0.2, 0) is 19.6 Å². The van der Waals surface area contributed by atoms with Gasteiger partial charge in [-0.15, -0.1) is 0 Å². The molecule has 5 rings (SSSR count). The first-order valence-electron chi connectivity index (χ1n) is 13.5. The van der Waals surface area contributed by atoms with E-state index >= 15 is 0 Å². The van der Waals surface area contributed by atoms with Gasteiger partial charge in [-0.3, -0.25) is 4.90 Å². The molecule has 198 valence electrons. The van der Waals surface area contributed by atoms with Gasteiger partial charge in [0, 0.05) is 17.5 Å². The molecule has 1 fully saturated rings. The van der Waals surface area contributed by atoms with Crippen molar-refractivity contribution in [1.29, 1.82) is 5.26 Å². The van der Waals surface area contributed by atoms with Crippen LogP contribution in [0.4, 0.5) is 0 Å². The number of ether oxygens (including phenoxy) is 1. The van der Waals surface area contributed by atoms with Crippen molar-refractivity contribution in [2.45, 2.75) is 45.8 Å². The van der Waals surface area contributed by atoms with Gasteiger partial charge in [-0.25, -0.2) is 0 Å². The van der Waals surface area contributed by atoms with Crippen molar-refractivity contribution in [2.24, 2.45) is 5.92 Å². The molecular formula is C32H38N4O2. The number of nitrogens with one attached hydrogen (secondary N) is 1. The summed E-state index contributed by atoms with van der Waals surface area (Å²) in [5, 5.41) is 17.2. The second-order valence-electron chi connectivity index (χ2n) is 10.0. The maximum absolute atomic E-state index is 8.94. The minimum absolute atomic E-state index is 0.450. The minimum atomic E-state index is 0.450. The van der Waals surface area contributed by atoms with E-state index in [0.29, 0.717) is 12.2 Å². The van der Waals surface area contributed by atoms with Crippen LogP contribution in [0.5, 0.6) is 5.75 Å². The SMILES string of the molecule is CNC.Cc1c(COc2ccc(C#N)cc2)ccc2c(CCC3CCN(Cc4ccccc4)CC3)noc12. The average Bonchev–Trinajstić information content (AvgIpc) is 3.37. The number of nitriles is 1. The third-order valence-corrected chi connectivity index (χ3v) is 7.20. The Kier molecular flexibility index (Phi) is 9.91. The minimum Gasteiger partial charge on any atom is -0.489 e. The maximum Gasteiger partial charge on any atom is 0.170 e. The van der Waals surface area contributed by atoms with E-state index in [4.69, 9.17) is 14.5 Å². The van der Waals surface area contributed by atoms with Gasteiger partial charge >= 0.3 is 0 Å². The molecule has 0 bridgehead atoms. The van der Waals surface area contributed by atoms with Crippen LogP contribution in [0.3, 0.4) is 0 Å². The van der Waals surface area contributed by atoms with Crippen molar-refractivity contribution >= 4 is 11.0 Å². The Hall–Kier alpha value is -3.66. The van der Waals surface area contributed by atoms with Gasteiger partial charge in [-0.1, -0.05) is 41.6 Å². The van der Waals surface area contributed by atoms with Crippen molar-refractivity contribution in [3.05, 3.63) is 94.7 Å². The van der Waals surface area contributed by atoms with Gasteiger partial charge < -0.3 is 14.6 Å². The normalized spacial score (nSPS) is 14.1. The van der Waals surface area contributed by atoms with E-state index < -0.39 is 0 Å². The van der Waals surface area contributed by atoms with Gasteiger partial charge in [0.2, 0.25) is 0 Å². The van der Waals surface area contributed by atoms with Gasteiger partial charge in [0.15, 0.2) is 5.58 Å². The second-order valence-corrected chi connectivity index (χ2v) is 10.0. The van der Waals surface area contributed by atoms with Crippen LogP contribution in [0.2, 0.25) is 0 Å². The first kappa shape index (κ1) is 27.4. The number of aromatic nitrogens is 1. The van der Waals surface area contributed by atoms with Crippen LogP contribution >= 0.6 is 0 Å². The average molecular weight is 511 g/mol. The monoisotopic (exact) mass is 510 g/mol. The predicted octanol–water partition coefficient (Wildman–Crippen LogP) is 6.27. The number of benzene rings is 3. The summed E-state index contributed by atoms with van der Waals surface area (Å²) in [6.45, 7) is 5.90. The Morgan fingerprint density at radius 1 is 1.03 bits per heavy atom. The van der Waals surface area contributed by atoms with Crippen LogP contribution in [0.1, 0.15) is 47.2 Å². The molecule has 1 saturated heterocycles. The Morgan fingerprint density at radius 2 is 1.74 bits per heavy atom. The molecule has 2 heterocycles. The number of hydrogen-bond acceptors (Lipinski definition) is 6. The molecule has 1 N–H and O–H groups in total. The zero-order valence-corrected chi connectivity index (χ0v) is 22.7. The van der Waals surface area contributed by atoms with Crippen molar-refractivity contribution in [3.8, 4) is 11.8 Å². The lowest BCUT2D eigenvalue weighted by Gasteiger charge is -2.31. The number of fused-ring (bicyclic) bond motifs is 1. The molecule has 0 unspecified atom stereocenters. The molecule has 1 aliphatic rings. The number of piperidine rings is 1. The lowest BCUT2D eigenvalue weighted by Crippen LogP contribution is -2.33. The number of rotatable bonds is 8. The molecule has 38 heavy (non-hydrogen) atoms. The maximum atomic E-state index is 8.94. The summed E-state index contributed by atoms with van der Waals surface area (Å²) in [7, 11) is 3.75. The third-order valence-electron chi connectivity index (χ3n) is 7.20. The number of hydrogen-bond donors (Lipinski definition) is 1. The smallest absolute Gasteiger partial charge is 0.170 e. The van der Waals surface area contributed by atoms with E-state index in [1.807, 2.05) is 26.2 Å². The molecule has 6 nitrogen and oxygen atoms in total. The standard InChI is InChI=1S/C30H31N3O2.C2H7N/c1-22-26(21-34-27-11-7-24(19-31)8-12-27)10-13-28-29(32-35-30(22)28)14-9-23-15-17-33(18-16-23)20-25-5-3-2-4-6-25;1-3-2/h2-8,10-13,23H,9,14-18,20-21H2,1H3;3H,1-2H3. The van der Waals surface area contributed by atoms with E-state index in [1.54, 1.807) is 12.1 Å². The molecule has 0 radical (unpaired) electrons. The highest BCUT2D eigenvalue weighted by atomic mass is 16.5. The largest absolute Gasteiger partial charge is 0.489 e. The summed E-state index contributed by atoms with van der Waals surface area (Å²) in [5.41, 5.74) is 6.10. The first-order chi connectivity index (χ1) is 18.6. The van der Waals surface area contributed by atoms with Crippen molar-refractivity contribution < 1.29 is 9.26 Å². The van der Waals surface area contributed by atoms with E-state index in [2.05, 4.69) is 70.8 Å². The van der Waals surface area contributed by atoms with Crippen molar-refractivity contribution in [2.75, 3.05) is 27.2 Å². The summed E-state index contributed by atoms with van der Waals surface area (Å²) in [5.74, 6) is 1.49. The Morgan fingerprint density at radius 3 is 2.42 bits per heavy atom. The number of aryl methyl sites for hydroxylation is 2. The predicted molar refractivity (Wildman–Crippen MR) is 152 cm³/mol. The fourth-order valence-corrected chi connectivity index (χ4v) is 4.97. The Labute approximate surface area is 226 Å². The topological polar surface area (TPSA) is 74.3 Å². The third kappa shape index (κ3) is 7.22. The molecule has 4 aromatic rings. The Bertz CT molecular complexity index is 1320. The van der Waals surface area contributed by atoms with E-state index in [-0.39, 0.29) is 0 Å². The van der Waals surface area contributed by atoms with Crippen LogP contribution in [0.25, 0.3) is 11.0 Å². The van der Waals surface area contributed by atoms with Crippen LogP contribution < -0.4 is 10.1 Å². The van der Waals surface area contributed by atoms with E-state index in [1.165, 1.54) is 31.5 Å². The molecule has 0 atom stereocenters. The number of likely N-dealkylation sites (tertiary alicyclic amines) is 1. The fourth-order valence-electron chi connectivity index (χ4n) is 4.97. The second kappa shape index (κ2) is 13.8. The summed E-state index contributed by atoms with van der Waals surface area (Å²) in [6, 6.07) is 24.3. The molecule has 0 aliphatic carbocycles. The molecule has 3 aromatic carbocycles. The molecule has 1 aliphatic heterocycles. The van der Waals surface area contributed by atoms with Gasteiger partial charge in [0.25, 0.3) is 0 Å². The van der Waals surface area contributed by atoms with Gasteiger partial charge in [0.05, 0.1) is 17.3 Å². The lowest BCUT2D eigenvalue weighted by molar-refractivity contribution is 0.172. The summed E-state index contributed by atoms with van der Waals surface area (Å²) < 4.78 is 11.7. The summed E-state index contributed by atoms with van der Waals surface area (Å²) in [6.07, 6.45) is 4.61. The van der Waals surface area contributed by atoms with Gasteiger partial charge in [0.1, 0.15) is 12.4 Å². The van der Waals surface area contributed by atoms with Crippen LogP contribution in [0, 0.1) is 24.2 Å². The summed E-state index contributed by atoms with van der Waals surface area (Å²) in [4.78, 5) is 2.57. The summed E-state index contributed by atoms with van der Waals surface area (Å²) >= 11 is 0. The molecule has 0 saturated carbocycles. The van der Waals surface area contributed by atoms with Crippen molar-refractivity contribution in [1.82, 2.24) is 15.4 Å². The highest BCUT2D eigenvalue weighted by Crippen LogP contribution is 2.29. The van der Waals surface area contributed by atoms with Crippen LogP contribution in [-0.4, -0.2) is 37.2 Å². The zero-order valence-electron chi connectivity index (χ0n) is 22.7. The van der Waals surface area contributed by atoms with Gasteiger partial charge in [-0.05, 0) is 107 Å². The molecule has 0 amide bonds. The molecule has 0 spiro atoms. The highest BCUT2D eigenvalue weighted by molar-refractivity contribution is 5.83. The molecule has 1 aromatic heterocycles.